The van der Waals surface area contributed by atoms with Crippen molar-refractivity contribution >= 4 is 34.4 Å². The molecule has 5 nitrogen and oxygen atoms in total. The number of carbonyl (C=O) groups is 1. The Bertz CT molecular complexity index is 783. The fraction of sp³-hybridized carbons (Fsp3) is 0.167. The van der Waals surface area contributed by atoms with Crippen LogP contribution in [0.4, 0.5) is 10.5 Å². The van der Waals surface area contributed by atoms with Gasteiger partial charge in [-0.3, -0.25) is 0 Å². The number of benzene rings is 1. The third-order valence-electron chi connectivity index (χ3n) is 3.63. The molecule has 2 amide bonds. The third kappa shape index (κ3) is 3.94. The van der Waals surface area contributed by atoms with Crippen LogP contribution in [0, 0.1) is 0 Å². The lowest BCUT2D eigenvalue weighted by Crippen LogP contribution is -2.32. The lowest BCUT2D eigenvalue weighted by molar-refractivity contribution is 0.250. The number of ether oxygens (including phenoxy) is 2. The topological polar surface area (TPSA) is 59.6 Å². The number of rotatable bonds is 6. The van der Waals surface area contributed by atoms with E-state index in [1.165, 1.54) is 0 Å². The fourth-order valence-electron chi connectivity index (χ4n) is 2.49. The predicted octanol–water partition coefficient (Wildman–Crippen LogP) is 4.74. The van der Waals surface area contributed by atoms with Crippen molar-refractivity contribution in [3.05, 3.63) is 63.0 Å². The molecular formula is C18H18N2O3S2. The highest BCUT2D eigenvalue weighted by Crippen LogP contribution is 2.35. The predicted molar refractivity (Wildman–Crippen MR) is 102 cm³/mol. The minimum atomic E-state index is -0.309. The zero-order chi connectivity index (χ0) is 17.6. The number of anilines is 1. The van der Waals surface area contributed by atoms with Crippen molar-refractivity contribution < 1.29 is 14.3 Å². The van der Waals surface area contributed by atoms with Crippen molar-refractivity contribution in [2.75, 3.05) is 19.5 Å². The molecule has 0 fully saturated rings. The maximum atomic E-state index is 12.6. The summed E-state index contributed by atoms with van der Waals surface area (Å²) < 4.78 is 10.6. The van der Waals surface area contributed by atoms with Gasteiger partial charge < -0.3 is 20.1 Å². The van der Waals surface area contributed by atoms with Crippen LogP contribution in [0.2, 0.25) is 0 Å². The first-order valence-corrected chi connectivity index (χ1v) is 9.39. The number of para-hydroxylation sites is 1. The van der Waals surface area contributed by atoms with Gasteiger partial charge in [-0.1, -0.05) is 12.1 Å². The van der Waals surface area contributed by atoms with Gasteiger partial charge in [-0.05, 0) is 46.0 Å². The van der Waals surface area contributed by atoms with Crippen LogP contribution in [0.15, 0.2) is 52.5 Å². The smallest absolute Gasteiger partial charge is 0.320 e. The second kappa shape index (κ2) is 8.04. The van der Waals surface area contributed by atoms with E-state index in [1.807, 2.05) is 34.3 Å². The maximum absolute atomic E-state index is 12.6. The van der Waals surface area contributed by atoms with E-state index in [0.29, 0.717) is 17.2 Å². The van der Waals surface area contributed by atoms with E-state index in [2.05, 4.69) is 10.6 Å². The van der Waals surface area contributed by atoms with E-state index in [9.17, 15) is 4.79 Å². The van der Waals surface area contributed by atoms with Crippen LogP contribution in [-0.4, -0.2) is 20.3 Å². The molecule has 0 spiro atoms. The zero-order valence-corrected chi connectivity index (χ0v) is 15.4. The van der Waals surface area contributed by atoms with Crippen LogP contribution in [0.3, 0.4) is 0 Å². The minimum absolute atomic E-state index is 0.192. The Morgan fingerprint density at radius 3 is 2.60 bits per heavy atom. The standard InChI is InChI=1S/C18H18N2O3S2/c1-22-14-6-3-5-13(17(14)23-2)19-18(21)20-16(12-8-10-24-11-12)15-7-4-9-25-15/h3-11,16H,1-2H3,(H2,19,20,21)/t16-/m0/s1. The molecule has 0 radical (unpaired) electrons. The number of amides is 2. The van der Waals surface area contributed by atoms with E-state index in [0.717, 1.165) is 10.4 Å². The summed E-state index contributed by atoms with van der Waals surface area (Å²) in [5.74, 6) is 1.05. The number of methoxy groups -OCH3 is 2. The molecule has 2 heterocycles. The van der Waals surface area contributed by atoms with Crippen molar-refractivity contribution in [1.29, 1.82) is 0 Å². The molecule has 2 N–H and O–H groups in total. The average Bonchev–Trinajstić information content (AvgIpc) is 3.33. The second-order valence-corrected chi connectivity index (χ2v) is 6.90. The molecular weight excluding hydrogens is 356 g/mol. The van der Waals surface area contributed by atoms with Crippen LogP contribution in [0.25, 0.3) is 0 Å². The van der Waals surface area contributed by atoms with Gasteiger partial charge in [0.05, 0.1) is 25.9 Å². The molecule has 0 aliphatic heterocycles. The Hall–Kier alpha value is -2.51. The van der Waals surface area contributed by atoms with E-state index in [-0.39, 0.29) is 12.1 Å². The van der Waals surface area contributed by atoms with Crippen LogP contribution < -0.4 is 20.1 Å². The monoisotopic (exact) mass is 374 g/mol. The maximum Gasteiger partial charge on any atom is 0.320 e. The average molecular weight is 374 g/mol. The van der Waals surface area contributed by atoms with E-state index in [4.69, 9.17) is 9.47 Å². The van der Waals surface area contributed by atoms with Gasteiger partial charge in [0.25, 0.3) is 0 Å². The van der Waals surface area contributed by atoms with Crippen molar-refractivity contribution in [3.8, 4) is 11.5 Å². The second-order valence-electron chi connectivity index (χ2n) is 5.14. The molecule has 0 saturated heterocycles. The Kier molecular flexibility index (Phi) is 5.57. The first-order chi connectivity index (χ1) is 12.2. The molecule has 1 atom stereocenters. The summed E-state index contributed by atoms with van der Waals surface area (Å²) in [4.78, 5) is 13.6. The van der Waals surface area contributed by atoms with Gasteiger partial charge in [0.15, 0.2) is 11.5 Å². The first-order valence-electron chi connectivity index (χ1n) is 7.57. The quantitative estimate of drug-likeness (QED) is 0.655. The summed E-state index contributed by atoms with van der Waals surface area (Å²) in [6.07, 6.45) is 0. The Balaban J connectivity index is 1.79. The normalized spacial score (nSPS) is 11.6. The van der Waals surface area contributed by atoms with Crippen LogP contribution in [0.1, 0.15) is 16.5 Å². The van der Waals surface area contributed by atoms with Gasteiger partial charge in [-0.25, -0.2) is 4.79 Å². The molecule has 0 saturated carbocycles. The minimum Gasteiger partial charge on any atom is -0.493 e. The zero-order valence-electron chi connectivity index (χ0n) is 13.8. The van der Waals surface area contributed by atoms with Gasteiger partial charge in [-0.2, -0.15) is 11.3 Å². The van der Waals surface area contributed by atoms with Crippen LogP contribution >= 0.6 is 22.7 Å². The number of carbonyl (C=O) groups excluding carboxylic acids is 1. The Labute approximate surface area is 154 Å². The molecule has 0 unspecified atom stereocenters. The number of hydrogen-bond acceptors (Lipinski definition) is 5. The molecule has 7 heteroatoms. The van der Waals surface area contributed by atoms with Gasteiger partial charge in [0.1, 0.15) is 0 Å². The van der Waals surface area contributed by atoms with Crippen molar-refractivity contribution in [2.45, 2.75) is 6.04 Å². The largest absolute Gasteiger partial charge is 0.493 e. The molecule has 0 aliphatic rings. The summed E-state index contributed by atoms with van der Waals surface area (Å²) in [5, 5.41) is 11.9. The lowest BCUT2D eigenvalue weighted by Gasteiger charge is -2.18. The van der Waals surface area contributed by atoms with E-state index < -0.39 is 0 Å². The lowest BCUT2D eigenvalue weighted by atomic mass is 10.1. The molecule has 3 aromatic rings. The third-order valence-corrected chi connectivity index (χ3v) is 5.27. The summed E-state index contributed by atoms with van der Waals surface area (Å²) in [6.45, 7) is 0. The molecule has 0 aliphatic carbocycles. The highest BCUT2D eigenvalue weighted by molar-refractivity contribution is 7.10. The van der Waals surface area contributed by atoms with E-state index in [1.54, 1.807) is 55.1 Å². The molecule has 130 valence electrons. The van der Waals surface area contributed by atoms with E-state index >= 15 is 0 Å². The molecule has 0 bridgehead atoms. The van der Waals surface area contributed by atoms with Gasteiger partial charge >= 0.3 is 6.03 Å². The molecule has 2 aromatic heterocycles. The first kappa shape index (κ1) is 17.3. The van der Waals surface area contributed by atoms with Crippen LogP contribution in [0.5, 0.6) is 11.5 Å². The number of urea groups is 1. The summed E-state index contributed by atoms with van der Waals surface area (Å²) in [7, 11) is 3.10. The number of hydrogen-bond donors (Lipinski definition) is 2. The number of nitrogens with one attached hydrogen (secondary N) is 2. The molecule has 3 rings (SSSR count). The van der Waals surface area contributed by atoms with Crippen molar-refractivity contribution in [3.63, 3.8) is 0 Å². The Morgan fingerprint density at radius 2 is 1.96 bits per heavy atom. The van der Waals surface area contributed by atoms with Gasteiger partial charge in [-0.15, -0.1) is 11.3 Å². The van der Waals surface area contributed by atoms with Gasteiger partial charge in [0.2, 0.25) is 0 Å². The number of thiophene rings is 2. The molecule has 1 aromatic carbocycles. The summed E-state index contributed by atoms with van der Waals surface area (Å²) in [5.41, 5.74) is 1.61. The highest BCUT2D eigenvalue weighted by Gasteiger charge is 2.19. The SMILES string of the molecule is COc1cccc(NC(=O)N[C@@H](c2ccsc2)c2cccs2)c1OC. The Morgan fingerprint density at radius 1 is 1.08 bits per heavy atom. The molecule has 25 heavy (non-hydrogen) atoms. The highest BCUT2D eigenvalue weighted by atomic mass is 32.1. The fourth-order valence-corrected chi connectivity index (χ4v) is 3.98. The van der Waals surface area contributed by atoms with Gasteiger partial charge in [0, 0.05) is 4.88 Å². The van der Waals surface area contributed by atoms with Crippen molar-refractivity contribution in [1.82, 2.24) is 5.32 Å². The summed E-state index contributed by atoms with van der Waals surface area (Å²) >= 11 is 3.21. The summed E-state index contributed by atoms with van der Waals surface area (Å²) in [6, 6.07) is 10.9. The van der Waals surface area contributed by atoms with Crippen LogP contribution in [-0.2, 0) is 0 Å². The van der Waals surface area contributed by atoms with Crippen molar-refractivity contribution in [2.24, 2.45) is 0 Å².